The van der Waals surface area contributed by atoms with Crippen molar-refractivity contribution in [3.05, 3.63) is 40.8 Å². The number of anilines is 1. The number of nitrogens with two attached hydrogens (primary N) is 1. The SMILES string of the molecule is Cc1c(N)cccc1Oc1ncncc1Br. The van der Waals surface area contributed by atoms with Crippen molar-refractivity contribution in [1.29, 1.82) is 0 Å². The van der Waals surface area contributed by atoms with Crippen LogP contribution in [0.1, 0.15) is 5.56 Å². The number of nitrogen functional groups attached to an aromatic ring is 1. The van der Waals surface area contributed by atoms with Crippen LogP contribution in [0.5, 0.6) is 11.6 Å². The molecule has 4 nitrogen and oxygen atoms in total. The monoisotopic (exact) mass is 279 g/mol. The maximum absolute atomic E-state index is 5.79. The van der Waals surface area contributed by atoms with Gasteiger partial charge in [0.15, 0.2) is 0 Å². The Morgan fingerprint density at radius 1 is 1.38 bits per heavy atom. The quantitative estimate of drug-likeness (QED) is 0.859. The molecule has 0 radical (unpaired) electrons. The normalized spacial score (nSPS) is 10.1. The lowest BCUT2D eigenvalue weighted by molar-refractivity contribution is 0.455. The minimum atomic E-state index is 0.476. The highest BCUT2D eigenvalue weighted by Gasteiger charge is 2.07. The predicted molar refractivity (Wildman–Crippen MR) is 65.4 cm³/mol. The number of hydrogen-bond donors (Lipinski definition) is 1. The van der Waals surface area contributed by atoms with Crippen molar-refractivity contribution in [2.45, 2.75) is 6.92 Å². The molecular formula is C11H10BrN3O. The zero-order valence-electron chi connectivity index (χ0n) is 8.64. The van der Waals surface area contributed by atoms with E-state index in [1.165, 1.54) is 6.33 Å². The van der Waals surface area contributed by atoms with Crippen LogP contribution in [0.2, 0.25) is 0 Å². The van der Waals surface area contributed by atoms with Crippen molar-refractivity contribution in [3.8, 4) is 11.6 Å². The first-order valence-electron chi connectivity index (χ1n) is 4.67. The van der Waals surface area contributed by atoms with E-state index < -0.39 is 0 Å². The summed E-state index contributed by atoms with van der Waals surface area (Å²) in [5.41, 5.74) is 7.38. The first kappa shape index (κ1) is 10.9. The summed E-state index contributed by atoms with van der Waals surface area (Å²) in [6, 6.07) is 5.52. The van der Waals surface area contributed by atoms with E-state index in [4.69, 9.17) is 10.5 Å². The zero-order valence-corrected chi connectivity index (χ0v) is 10.2. The zero-order chi connectivity index (χ0) is 11.5. The van der Waals surface area contributed by atoms with Gasteiger partial charge in [-0.05, 0) is 35.0 Å². The number of aromatic nitrogens is 2. The van der Waals surface area contributed by atoms with Crippen LogP contribution in [0.4, 0.5) is 5.69 Å². The van der Waals surface area contributed by atoms with E-state index in [0.29, 0.717) is 21.8 Å². The summed E-state index contributed by atoms with van der Waals surface area (Å²) in [7, 11) is 0. The molecule has 0 bridgehead atoms. The third-order valence-electron chi connectivity index (χ3n) is 2.17. The lowest BCUT2D eigenvalue weighted by Crippen LogP contribution is -1.95. The molecule has 2 rings (SSSR count). The summed E-state index contributed by atoms with van der Waals surface area (Å²) in [6.45, 7) is 1.90. The highest BCUT2D eigenvalue weighted by atomic mass is 79.9. The van der Waals surface area contributed by atoms with Crippen LogP contribution in [0.25, 0.3) is 0 Å². The maximum atomic E-state index is 5.79. The van der Waals surface area contributed by atoms with Gasteiger partial charge in [-0.15, -0.1) is 0 Å². The van der Waals surface area contributed by atoms with Gasteiger partial charge >= 0.3 is 0 Å². The van der Waals surface area contributed by atoms with Crippen LogP contribution >= 0.6 is 15.9 Å². The number of halogens is 1. The van der Waals surface area contributed by atoms with Gasteiger partial charge in [0, 0.05) is 17.4 Å². The van der Waals surface area contributed by atoms with E-state index in [1.807, 2.05) is 25.1 Å². The molecule has 0 saturated carbocycles. The van der Waals surface area contributed by atoms with E-state index in [0.717, 1.165) is 5.56 Å². The highest BCUT2D eigenvalue weighted by Crippen LogP contribution is 2.30. The Bertz CT molecular complexity index is 516. The molecular weight excluding hydrogens is 270 g/mol. The van der Waals surface area contributed by atoms with Crippen LogP contribution in [-0.2, 0) is 0 Å². The third-order valence-corrected chi connectivity index (χ3v) is 2.71. The van der Waals surface area contributed by atoms with Crippen molar-refractivity contribution < 1.29 is 4.74 Å². The second-order valence-electron chi connectivity index (χ2n) is 3.25. The third kappa shape index (κ3) is 2.14. The van der Waals surface area contributed by atoms with Gasteiger partial charge in [0.2, 0.25) is 5.88 Å². The van der Waals surface area contributed by atoms with Crippen molar-refractivity contribution in [3.63, 3.8) is 0 Å². The van der Waals surface area contributed by atoms with E-state index in [9.17, 15) is 0 Å². The first-order valence-corrected chi connectivity index (χ1v) is 5.46. The van der Waals surface area contributed by atoms with E-state index >= 15 is 0 Å². The van der Waals surface area contributed by atoms with Crippen molar-refractivity contribution in [2.75, 3.05) is 5.73 Å². The smallest absolute Gasteiger partial charge is 0.236 e. The van der Waals surface area contributed by atoms with Crippen molar-refractivity contribution in [1.82, 2.24) is 9.97 Å². The maximum Gasteiger partial charge on any atom is 0.236 e. The molecule has 0 aliphatic carbocycles. The Kier molecular flexibility index (Phi) is 3.05. The topological polar surface area (TPSA) is 61.0 Å². The van der Waals surface area contributed by atoms with E-state index in [2.05, 4.69) is 25.9 Å². The summed E-state index contributed by atoms with van der Waals surface area (Å²) in [6.07, 6.45) is 3.06. The van der Waals surface area contributed by atoms with E-state index in [1.54, 1.807) is 6.20 Å². The fraction of sp³-hybridized carbons (Fsp3) is 0.0909. The van der Waals surface area contributed by atoms with Gasteiger partial charge in [0.25, 0.3) is 0 Å². The lowest BCUT2D eigenvalue weighted by atomic mass is 10.2. The Hall–Kier alpha value is -1.62. The lowest BCUT2D eigenvalue weighted by Gasteiger charge is -2.09. The molecule has 0 aliphatic heterocycles. The fourth-order valence-electron chi connectivity index (χ4n) is 1.22. The first-order chi connectivity index (χ1) is 7.68. The molecule has 0 saturated heterocycles. The van der Waals surface area contributed by atoms with Crippen LogP contribution in [0, 0.1) is 6.92 Å². The molecule has 0 aliphatic rings. The molecule has 2 aromatic rings. The molecule has 82 valence electrons. The highest BCUT2D eigenvalue weighted by molar-refractivity contribution is 9.10. The minimum Gasteiger partial charge on any atom is -0.437 e. The minimum absolute atomic E-state index is 0.476. The second-order valence-corrected chi connectivity index (χ2v) is 4.10. The number of hydrogen-bond acceptors (Lipinski definition) is 4. The summed E-state index contributed by atoms with van der Waals surface area (Å²) in [5, 5.41) is 0. The molecule has 2 N–H and O–H groups in total. The van der Waals surface area contributed by atoms with E-state index in [-0.39, 0.29) is 0 Å². The van der Waals surface area contributed by atoms with Gasteiger partial charge in [-0.25, -0.2) is 9.97 Å². The van der Waals surface area contributed by atoms with Gasteiger partial charge in [0.1, 0.15) is 12.1 Å². The van der Waals surface area contributed by atoms with Gasteiger partial charge in [0.05, 0.1) is 4.47 Å². The standard InChI is InChI=1S/C11H10BrN3O/c1-7-9(13)3-2-4-10(7)16-11-8(12)5-14-6-15-11/h2-6H,13H2,1H3. The molecule has 16 heavy (non-hydrogen) atoms. The van der Waals surface area contributed by atoms with Crippen molar-refractivity contribution >= 4 is 21.6 Å². The van der Waals surface area contributed by atoms with Crippen LogP contribution < -0.4 is 10.5 Å². The Morgan fingerprint density at radius 3 is 2.94 bits per heavy atom. The number of benzene rings is 1. The Labute approximate surface area is 102 Å². The summed E-state index contributed by atoms with van der Waals surface area (Å²) in [5.74, 6) is 1.17. The summed E-state index contributed by atoms with van der Waals surface area (Å²) < 4.78 is 6.35. The van der Waals surface area contributed by atoms with Crippen molar-refractivity contribution in [2.24, 2.45) is 0 Å². The molecule has 0 unspecified atom stereocenters. The average molecular weight is 280 g/mol. The van der Waals surface area contributed by atoms with Gasteiger partial charge in [-0.2, -0.15) is 0 Å². The van der Waals surface area contributed by atoms with Crippen LogP contribution in [0.3, 0.4) is 0 Å². The Morgan fingerprint density at radius 2 is 2.19 bits per heavy atom. The number of nitrogens with zero attached hydrogens (tertiary/aromatic N) is 2. The van der Waals surface area contributed by atoms with Crippen LogP contribution in [0.15, 0.2) is 35.2 Å². The number of ether oxygens (including phenoxy) is 1. The molecule has 0 fully saturated rings. The second kappa shape index (κ2) is 4.49. The van der Waals surface area contributed by atoms with Gasteiger partial charge in [-0.1, -0.05) is 6.07 Å². The largest absolute Gasteiger partial charge is 0.437 e. The fourth-order valence-corrected chi connectivity index (χ4v) is 1.52. The Balaban J connectivity index is 2.35. The molecule has 0 amide bonds. The molecule has 5 heteroatoms. The summed E-state index contributed by atoms with van der Waals surface area (Å²) >= 11 is 3.32. The summed E-state index contributed by atoms with van der Waals surface area (Å²) in [4.78, 5) is 7.89. The molecule has 0 atom stereocenters. The van der Waals surface area contributed by atoms with Crippen LogP contribution in [-0.4, -0.2) is 9.97 Å². The number of rotatable bonds is 2. The molecule has 1 aromatic carbocycles. The molecule has 1 aromatic heterocycles. The molecule has 1 heterocycles. The average Bonchev–Trinajstić information content (AvgIpc) is 2.28. The van der Waals surface area contributed by atoms with Gasteiger partial charge in [-0.3, -0.25) is 0 Å². The predicted octanol–water partition coefficient (Wildman–Crippen LogP) is 2.92. The van der Waals surface area contributed by atoms with Gasteiger partial charge < -0.3 is 10.5 Å². The molecule has 0 spiro atoms.